The lowest BCUT2D eigenvalue weighted by atomic mass is 10.2. The van der Waals surface area contributed by atoms with Gasteiger partial charge in [0.05, 0.1) is 29.3 Å². The molecule has 0 spiro atoms. The highest BCUT2D eigenvalue weighted by atomic mass is 79.9. The summed E-state index contributed by atoms with van der Waals surface area (Å²) in [4.78, 5) is 11.9. The second-order valence-corrected chi connectivity index (χ2v) is 6.07. The molecule has 0 aliphatic heterocycles. The number of alkyl halides is 3. The van der Waals surface area contributed by atoms with Crippen molar-refractivity contribution in [1.29, 1.82) is 5.26 Å². The van der Waals surface area contributed by atoms with E-state index in [4.69, 9.17) is 14.7 Å². The van der Waals surface area contributed by atoms with Crippen LogP contribution >= 0.6 is 15.9 Å². The minimum atomic E-state index is -4.41. The monoisotopic (exact) mass is 438 g/mol. The number of hydrogen-bond donors (Lipinski definition) is 1. The molecule has 10 heteroatoms. The first kappa shape index (κ1) is 22.1. The minimum absolute atomic E-state index is 0.252. The van der Waals surface area contributed by atoms with E-state index in [0.717, 1.165) is 0 Å². The molecule has 1 amide bonds. The Balaban J connectivity index is 2.58. The number of halogens is 4. The third kappa shape index (κ3) is 7.93. The molecule has 0 radical (unpaired) electrons. The molecule has 0 fully saturated rings. The molecule has 26 heavy (non-hydrogen) atoms. The first-order valence-corrected chi connectivity index (χ1v) is 8.38. The fourth-order valence-electron chi connectivity index (χ4n) is 1.88. The molecule has 144 valence electrons. The highest BCUT2D eigenvalue weighted by molar-refractivity contribution is 9.10. The standard InChI is InChI=1S/C16H18BrF3N2O4/c1-3-25-13-5-11(6-21)4-12(17)15(13)26-8-14(23)22-10(2)7-24-9-16(18,19)20/h4-5,10H,3,7-9H2,1-2H3,(H,22,23). The van der Waals surface area contributed by atoms with E-state index in [1.165, 1.54) is 19.1 Å². The number of carbonyl (C=O) groups excluding carboxylic acids is 1. The fourth-order valence-corrected chi connectivity index (χ4v) is 2.44. The van der Waals surface area contributed by atoms with Crippen molar-refractivity contribution in [3.63, 3.8) is 0 Å². The first-order valence-electron chi connectivity index (χ1n) is 7.59. The largest absolute Gasteiger partial charge is 0.490 e. The summed E-state index contributed by atoms with van der Waals surface area (Å²) in [5.41, 5.74) is 0.354. The summed E-state index contributed by atoms with van der Waals surface area (Å²) < 4.78 is 51.7. The maximum atomic E-state index is 12.0. The van der Waals surface area contributed by atoms with Crippen molar-refractivity contribution in [2.45, 2.75) is 26.1 Å². The van der Waals surface area contributed by atoms with Crippen molar-refractivity contribution in [3.8, 4) is 17.6 Å². The molecule has 1 unspecified atom stereocenters. The molecule has 1 aromatic rings. The SMILES string of the molecule is CCOc1cc(C#N)cc(Br)c1OCC(=O)NC(C)COCC(F)(F)F. The summed E-state index contributed by atoms with van der Waals surface area (Å²) in [7, 11) is 0. The van der Waals surface area contributed by atoms with Crippen LogP contribution in [0.15, 0.2) is 16.6 Å². The van der Waals surface area contributed by atoms with Crippen LogP contribution in [0.5, 0.6) is 11.5 Å². The van der Waals surface area contributed by atoms with E-state index in [1.807, 2.05) is 6.07 Å². The van der Waals surface area contributed by atoms with Crippen molar-refractivity contribution in [2.75, 3.05) is 26.4 Å². The van der Waals surface area contributed by atoms with Crippen LogP contribution < -0.4 is 14.8 Å². The van der Waals surface area contributed by atoms with Gasteiger partial charge in [-0.1, -0.05) is 0 Å². The number of rotatable bonds is 9. The van der Waals surface area contributed by atoms with Gasteiger partial charge in [-0.15, -0.1) is 0 Å². The van der Waals surface area contributed by atoms with E-state index in [2.05, 4.69) is 26.0 Å². The van der Waals surface area contributed by atoms with E-state index in [0.29, 0.717) is 22.4 Å². The second-order valence-electron chi connectivity index (χ2n) is 5.22. The molecule has 0 aromatic heterocycles. The zero-order valence-electron chi connectivity index (χ0n) is 14.2. The molecule has 0 aliphatic rings. The third-order valence-corrected chi connectivity index (χ3v) is 3.42. The van der Waals surface area contributed by atoms with E-state index < -0.39 is 24.7 Å². The van der Waals surface area contributed by atoms with Gasteiger partial charge in [0.25, 0.3) is 5.91 Å². The number of benzene rings is 1. The van der Waals surface area contributed by atoms with E-state index in [-0.39, 0.29) is 19.0 Å². The summed E-state index contributed by atoms with van der Waals surface area (Å²) in [5, 5.41) is 11.4. The minimum Gasteiger partial charge on any atom is -0.490 e. The van der Waals surface area contributed by atoms with Crippen LogP contribution in [0.4, 0.5) is 13.2 Å². The van der Waals surface area contributed by atoms with E-state index in [9.17, 15) is 18.0 Å². The van der Waals surface area contributed by atoms with Gasteiger partial charge in [0.1, 0.15) is 6.61 Å². The Hall–Kier alpha value is -1.99. The summed E-state index contributed by atoms with van der Waals surface area (Å²) >= 11 is 3.25. The van der Waals surface area contributed by atoms with Crippen molar-refractivity contribution in [2.24, 2.45) is 0 Å². The fraction of sp³-hybridized carbons (Fsp3) is 0.500. The second kappa shape index (κ2) is 10.2. The number of nitrogens with one attached hydrogen (secondary N) is 1. The summed E-state index contributed by atoms with van der Waals surface area (Å²) in [6, 6.07) is 4.35. The number of hydrogen-bond acceptors (Lipinski definition) is 5. The van der Waals surface area contributed by atoms with Crippen LogP contribution in [-0.4, -0.2) is 44.6 Å². The number of nitriles is 1. The quantitative estimate of drug-likeness (QED) is 0.640. The lowest BCUT2D eigenvalue weighted by Crippen LogP contribution is -2.39. The van der Waals surface area contributed by atoms with Gasteiger partial charge < -0.3 is 19.5 Å². The molecule has 0 saturated heterocycles. The molecule has 1 aromatic carbocycles. The van der Waals surface area contributed by atoms with Gasteiger partial charge >= 0.3 is 6.18 Å². The smallest absolute Gasteiger partial charge is 0.411 e. The Bertz CT molecular complexity index is 662. The van der Waals surface area contributed by atoms with Crippen LogP contribution in [0.25, 0.3) is 0 Å². The molecule has 0 bridgehead atoms. The molecule has 0 saturated carbocycles. The van der Waals surface area contributed by atoms with Gasteiger partial charge in [-0.05, 0) is 35.8 Å². The number of carbonyl (C=O) groups is 1. The van der Waals surface area contributed by atoms with Crippen molar-refractivity contribution in [1.82, 2.24) is 5.32 Å². The van der Waals surface area contributed by atoms with Gasteiger partial charge in [-0.3, -0.25) is 4.79 Å². The van der Waals surface area contributed by atoms with Crippen LogP contribution in [0.2, 0.25) is 0 Å². The summed E-state index contributed by atoms with van der Waals surface area (Å²) in [5.74, 6) is 0.0153. The van der Waals surface area contributed by atoms with Crippen LogP contribution in [0.3, 0.4) is 0 Å². The maximum Gasteiger partial charge on any atom is 0.411 e. The zero-order chi connectivity index (χ0) is 19.7. The first-order chi connectivity index (χ1) is 12.2. The van der Waals surface area contributed by atoms with Crippen molar-refractivity contribution < 1.29 is 32.2 Å². The average molecular weight is 439 g/mol. The van der Waals surface area contributed by atoms with Gasteiger partial charge in [-0.2, -0.15) is 18.4 Å². The predicted octanol–water partition coefficient (Wildman–Crippen LogP) is 3.18. The molecule has 1 atom stereocenters. The van der Waals surface area contributed by atoms with Crippen molar-refractivity contribution in [3.05, 3.63) is 22.2 Å². The van der Waals surface area contributed by atoms with Gasteiger partial charge in [0, 0.05) is 12.1 Å². The highest BCUT2D eigenvalue weighted by Crippen LogP contribution is 2.36. The number of ether oxygens (including phenoxy) is 3. The molecular weight excluding hydrogens is 421 g/mol. The molecule has 1 N–H and O–H groups in total. The van der Waals surface area contributed by atoms with Crippen LogP contribution in [0, 0.1) is 11.3 Å². The van der Waals surface area contributed by atoms with E-state index in [1.54, 1.807) is 6.92 Å². The molecule has 0 aliphatic carbocycles. The van der Waals surface area contributed by atoms with Gasteiger partial charge in [0.2, 0.25) is 0 Å². The lowest BCUT2D eigenvalue weighted by Gasteiger charge is -2.17. The maximum absolute atomic E-state index is 12.0. The lowest BCUT2D eigenvalue weighted by molar-refractivity contribution is -0.175. The number of nitrogens with zero attached hydrogens (tertiary/aromatic N) is 1. The molecular formula is C16H18BrF3N2O4. The Morgan fingerprint density at radius 2 is 2.08 bits per heavy atom. The summed E-state index contributed by atoms with van der Waals surface area (Å²) in [6.07, 6.45) is -4.41. The van der Waals surface area contributed by atoms with Gasteiger partial charge in [0.15, 0.2) is 18.1 Å². The Labute approximate surface area is 157 Å². The molecule has 6 nitrogen and oxygen atoms in total. The Morgan fingerprint density at radius 3 is 2.65 bits per heavy atom. The average Bonchev–Trinajstić information content (AvgIpc) is 2.52. The highest BCUT2D eigenvalue weighted by Gasteiger charge is 2.27. The van der Waals surface area contributed by atoms with Crippen LogP contribution in [0.1, 0.15) is 19.4 Å². The normalized spacial score (nSPS) is 12.2. The molecule has 0 heterocycles. The zero-order valence-corrected chi connectivity index (χ0v) is 15.7. The van der Waals surface area contributed by atoms with Crippen molar-refractivity contribution >= 4 is 21.8 Å². The Kier molecular flexibility index (Phi) is 8.68. The van der Waals surface area contributed by atoms with Crippen LogP contribution in [-0.2, 0) is 9.53 Å². The summed E-state index contributed by atoms with van der Waals surface area (Å²) in [6.45, 7) is 1.56. The molecule has 1 rings (SSSR count). The predicted molar refractivity (Wildman–Crippen MR) is 90.0 cm³/mol. The Morgan fingerprint density at radius 1 is 1.38 bits per heavy atom. The third-order valence-electron chi connectivity index (χ3n) is 2.83. The number of amides is 1. The van der Waals surface area contributed by atoms with Gasteiger partial charge in [-0.25, -0.2) is 0 Å². The van der Waals surface area contributed by atoms with E-state index >= 15 is 0 Å². The topological polar surface area (TPSA) is 80.6 Å².